The number of hydrogen-bond acceptors (Lipinski definition) is 2. The Morgan fingerprint density at radius 1 is 1.43 bits per heavy atom. The molecule has 0 heterocycles. The third-order valence-corrected chi connectivity index (χ3v) is 2.80. The minimum absolute atomic E-state index is 0.00805. The molecule has 0 unspecified atom stereocenters. The quantitative estimate of drug-likeness (QED) is 0.668. The molecule has 0 saturated heterocycles. The van der Waals surface area contributed by atoms with Crippen molar-refractivity contribution in [1.82, 2.24) is 0 Å². The van der Waals surface area contributed by atoms with E-state index in [0.29, 0.717) is 18.8 Å². The van der Waals surface area contributed by atoms with Crippen LogP contribution in [0.25, 0.3) is 0 Å². The van der Waals surface area contributed by atoms with Crippen molar-refractivity contribution in [1.29, 1.82) is 0 Å². The molecule has 0 bridgehead atoms. The smallest absolute Gasteiger partial charge is 0.0731 e. The lowest BCUT2D eigenvalue weighted by molar-refractivity contribution is 0.134. The second kappa shape index (κ2) is 6.16. The van der Waals surface area contributed by atoms with Gasteiger partial charge in [-0.2, -0.15) is 0 Å². The van der Waals surface area contributed by atoms with Gasteiger partial charge in [0.15, 0.2) is 0 Å². The maximum absolute atomic E-state index is 8.71. The van der Waals surface area contributed by atoms with Gasteiger partial charge in [-0.3, -0.25) is 0 Å². The van der Waals surface area contributed by atoms with Crippen molar-refractivity contribution in [2.45, 2.75) is 6.61 Å². The molecular formula is C11H13IO2. The molecule has 0 saturated carbocycles. The highest BCUT2D eigenvalue weighted by Gasteiger charge is 1.98. The van der Waals surface area contributed by atoms with Crippen molar-refractivity contribution in [3.8, 4) is 0 Å². The molecule has 0 radical (unpaired) electrons. The normalized spacial score (nSPS) is 10.1. The van der Waals surface area contributed by atoms with E-state index in [4.69, 9.17) is 9.84 Å². The molecular weight excluding hydrogens is 291 g/mol. The first kappa shape index (κ1) is 11.7. The van der Waals surface area contributed by atoms with Crippen LogP contribution >= 0.6 is 22.6 Å². The molecule has 1 aromatic rings. The number of rotatable bonds is 5. The van der Waals surface area contributed by atoms with E-state index in [1.165, 1.54) is 9.13 Å². The number of benzene rings is 1. The molecule has 3 heteroatoms. The highest BCUT2D eigenvalue weighted by molar-refractivity contribution is 14.1. The van der Waals surface area contributed by atoms with Gasteiger partial charge in [0.25, 0.3) is 0 Å². The highest BCUT2D eigenvalue weighted by Crippen LogP contribution is 2.12. The average molecular weight is 304 g/mol. The zero-order valence-corrected chi connectivity index (χ0v) is 10.0. The van der Waals surface area contributed by atoms with Crippen molar-refractivity contribution >= 4 is 22.6 Å². The topological polar surface area (TPSA) is 29.5 Å². The fourth-order valence-corrected chi connectivity index (χ4v) is 1.51. The Morgan fingerprint density at radius 3 is 2.79 bits per heavy atom. The molecule has 0 aliphatic rings. The van der Waals surface area contributed by atoms with Crippen LogP contribution in [0.5, 0.6) is 0 Å². The van der Waals surface area contributed by atoms with Gasteiger partial charge in [-0.1, -0.05) is 24.8 Å². The average Bonchev–Trinajstić information content (AvgIpc) is 2.20. The van der Waals surface area contributed by atoms with E-state index in [2.05, 4.69) is 29.2 Å². The first-order chi connectivity index (χ1) is 6.74. The summed E-state index contributed by atoms with van der Waals surface area (Å²) in [7, 11) is 0. The van der Waals surface area contributed by atoms with E-state index in [-0.39, 0.29) is 6.61 Å². The maximum atomic E-state index is 8.71. The van der Waals surface area contributed by atoms with E-state index in [1.807, 2.05) is 24.3 Å². The predicted octanol–water partition coefficient (Wildman–Crippen LogP) is 2.36. The standard InChI is InChI=1S/C11H13IO2/c1-9(6-13)7-14-8-10-4-2-3-5-11(10)12/h2-5,13H,1,6-8H2. The molecule has 0 aliphatic carbocycles. The molecule has 1 N–H and O–H groups in total. The largest absolute Gasteiger partial charge is 0.392 e. The molecule has 0 amide bonds. The molecule has 0 aliphatic heterocycles. The van der Waals surface area contributed by atoms with E-state index >= 15 is 0 Å². The molecule has 0 fully saturated rings. The predicted molar refractivity (Wildman–Crippen MR) is 65.0 cm³/mol. The maximum Gasteiger partial charge on any atom is 0.0731 e. The van der Waals surface area contributed by atoms with Gasteiger partial charge in [0.2, 0.25) is 0 Å². The van der Waals surface area contributed by atoms with Gasteiger partial charge in [0.1, 0.15) is 0 Å². The second-order valence-corrected chi connectivity index (χ2v) is 4.15. The van der Waals surface area contributed by atoms with E-state index in [1.54, 1.807) is 0 Å². The van der Waals surface area contributed by atoms with Crippen LogP contribution in [-0.2, 0) is 11.3 Å². The highest BCUT2D eigenvalue weighted by atomic mass is 127. The van der Waals surface area contributed by atoms with Gasteiger partial charge in [0, 0.05) is 3.57 Å². The SMILES string of the molecule is C=C(CO)COCc1ccccc1I. The molecule has 1 rings (SSSR count). The minimum atomic E-state index is -0.00805. The van der Waals surface area contributed by atoms with Crippen molar-refractivity contribution in [2.24, 2.45) is 0 Å². The van der Waals surface area contributed by atoms with Crippen LogP contribution in [0.1, 0.15) is 5.56 Å². The Hall–Kier alpha value is -0.390. The number of aliphatic hydroxyl groups excluding tert-OH is 1. The summed E-state index contributed by atoms with van der Waals surface area (Å²) in [5, 5.41) is 8.71. The third-order valence-electron chi connectivity index (χ3n) is 1.75. The Kier molecular flexibility index (Phi) is 5.14. The second-order valence-electron chi connectivity index (χ2n) is 2.99. The molecule has 1 aromatic carbocycles. The number of aliphatic hydroxyl groups is 1. The zero-order chi connectivity index (χ0) is 10.4. The minimum Gasteiger partial charge on any atom is -0.392 e. The first-order valence-corrected chi connectivity index (χ1v) is 5.40. The summed E-state index contributed by atoms with van der Waals surface area (Å²) in [6, 6.07) is 8.06. The van der Waals surface area contributed by atoms with Crippen LogP contribution in [0.15, 0.2) is 36.4 Å². The lowest BCUT2D eigenvalue weighted by atomic mass is 10.2. The summed E-state index contributed by atoms with van der Waals surface area (Å²) in [4.78, 5) is 0. The van der Waals surface area contributed by atoms with Crippen LogP contribution in [0, 0.1) is 3.57 Å². The number of ether oxygens (including phenoxy) is 1. The molecule has 0 aromatic heterocycles. The molecule has 0 spiro atoms. The Bertz CT molecular complexity index is 310. The summed E-state index contributed by atoms with van der Waals surface area (Å²) in [6.45, 7) is 4.63. The monoisotopic (exact) mass is 304 g/mol. The lowest BCUT2D eigenvalue weighted by Crippen LogP contribution is -2.01. The number of halogens is 1. The van der Waals surface area contributed by atoms with Crippen LogP contribution in [-0.4, -0.2) is 18.3 Å². The summed E-state index contributed by atoms with van der Waals surface area (Å²) in [5.41, 5.74) is 1.87. The van der Waals surface area contributed by atoms with Gasteiger partial charge in [-0.25, -0.2) is 0 Å². The zero-order valence-electron chi connectivity index (χ0n) is 7.87. The van der Waals surface area contributed by atoms with Gasteiger partial charge in [0.05, 0.1) is 19.8 Å². The Labute approximate surface area is 97.7 Å². The summed E-state index contributed by atoms with van der Waals surface area (Å²) in [5.74, 6) is 0. The summed E-state index contributed by atoms with van der Waals surface area (Å²) in [6.07, 6.45) is 0. The Morgan fingerprint density at radius 2 is 2.14 bits per heavy atom. The third kappa shape index (κ3) is 3.77. The van der Waals surface area contributed by atoms with Crippen LogP contribution < -0.4 is 0 Å². The van der Waals surface area contributed by atoms with E-state index in [9.17, 15) is 0 Å². The van der Waals surface area contributed by atoms with Gasteiger partial charge in [-0.15, -0.1) is 0 Å². The van der Waals surface area contributed by atoms with Crippen molar-refractivity contribution in [3.05, 3.63) is 45.6 Å². The van der Waals surface area contributed by atoms with Gasteiger partial charge >= 0.3 is 0 Å². The van der Waals surface area contributed by atoms with Crippen molar-refractivity contribution in [2.75, 3.05) is 13.2 Å². The van der Waals surface area contributed by atoms with Gasteiger partial charge < -0.3 is 9.84 Å². The Balaban J connectivity index is 2.39. The van der Waals surface area contributed by atoms with E-state index in [0.717, 1.165) is 0 Å². The van der Waals surface area contributed by atoms with Crippen molar-refractivity contribution in [3.63, 3.8) is 0 Å². The van der Waals surface area contributed by atoms with Crippen LogP contribution in [0.2, 0.25) is 0 Å². The van der Waals surface area contributed by atoms with Gasteiger partial charge in [-0.05, 0) is 39.8 Å². The first-order valence-electron chi connectivity index (χ1n) is 4.32. The van der Waals surface area contributed by atoms with Crippen LogP contribution in [0.4, 0.5) is 0 Å². The molecule has 2 nitrogen and oxygen atoms in total. The fourth-order valence-electron chi connectivity index (χ4n) is 0.966. The lowest BCUT2D eigenvalue weighted by Gasteiger charge is -2.06. The van der Waals surface area contributed by atoms with Crippen LogP contribution in [0.3, 0.4) is 0 Å². The number of hydrogen-bond donors (Lipinski definition) is 1. The van der Waals surface area contributed by atoms with E-state index < -0.39 is 0 Å². The molecule has 0 atom stereocenters. The summed E-state index contributed by atoms with van der Waals surface area (Å²) >= 11 is 2.27. The summed E-state index contributed by atoms with van der Waals surface area (Å²) < 4.78 is 6.58. The fraction of sp³-hybridized carbons (Fsp3) is 0.273. The van der Waals surface area contributed by atoms with Crippen molar-refractivity contribution < 1.29 is 9.84 Å². The molecule has 76 valence electrons. The molecule has 14 heavy (non-hydrogen) atoms.